The second-order valence-corrected chi connectivity index (χ2v) is 8.65. The summed E-state index contributed by atoms with van der Waals surface area (Å²) in [4.78, 5) is 31.8. The monoisotopic (exact) mass is 454 g/mol. The first-order chi connectivity index (χ1) is 16.5. The number of benzene rings is 2. The molecule has 172 valence electrons. The Hall–Kier alpha value is -4.13. The predicted molar refractivity (Wildman–Crippen MR) is 132 cm³/mol. The van der Waals surface area contributed by atoms with Crippen molar-refractivity contribution in [3.63, 3.8) is 0 Å². The SMILES string of the molecule is C=CC(=O)N1CCC(n2c(=O)n(-c3ccc(Oc4cccc(C)c4)c(C)c3)c3cnccc32)C1. The third-order valence-corrected chi connectivity index (χ3v) is 6.32. The van der Waals surface area contributed by atoms with Crippen LogP contribution in [0.5, 0.6) is 11.5 Å². The van der Waals surface area contributed by atoms with E-state index >= 15 is 0 Å². The van der Waals surface area contributed by atoms with E-state index in [1.165, 1.54) is 6.08 Å². The first-order valence-electron chi connectivity index (χ1n) is 11.3. The maximum Gasteiger partial charge on any atom is 0.334 e. The molecule has 0 radical (unpaired) electrons. The molecule has 1 fully saturated rings. The van der Waals surface area contributed by atoms with Crippen LogP contribution in [-0.2, 0) is 4.79 Å². The minimum absolute atomic E-state index is 0.104. The van der Waals surface area contributed by atoms with E-state index in [9.17, 15) is 9.59 Å². The standard InChI is InChI=1S/C27H26N4O3/c1-4-26(32)29-13-11-21(17-29)31-23-10-12-28-16-24(23)30(27(31)33)20-8-9-25(19(3)15-20)34-22-7-5-6-18(2)14-22/h4-10,12,14-16,21H,1,11,13,17H2,2-3H3. The van der Waals surface area contributed by atoms with Gasteiger partial charge < -0.3 is 9.64 Å². The van der Waals surface area contributed by atoms with Gasteiger partial charge in [0.2, 0.25) is 5.91 Å². The van der Waals surface area contributed by atoms with Crippen molar-refractivity contribution < 1.29 is 9.53 Å². The topological polar surface area (TPSA) is 69.4 Å². The lowest BCUT2D eigenvalue weighted by molar-refractivity contribution is -0.125. The fourth-order valence-corrected chi connectivity index (χ4v) is 4.65. The largest absolute Gasteiger partial charge is 0.457 e. The molecule has 7 nitrogen and oxygen atoms in total. The normalized spacial score (nSPS) is 15.6. The van der Waals surface area contributed by atoms with Gasteiger partial charge >= 0.3 is 5.69 Å². The zero-order valence-electron chi connectivity index (χ0n) is 19.3. The summed E-state index contributed by atoms with van der Waals surface area (Å²) in [5.41, 5.74) is 4.17. The summed E-state index contributed by atoms with van der Waals surface area (Å²) in [6.45, 7) is 8.65. The van der Waals surface area contributed by atoms with Gasteiger partial charge in [0.1, 0.15) is 11.5 Å². The Balaban J connectivity index is 1.54. The molecule has 1 amide bonds. The molecule has 7 heteroatoms. The minimum Gasteiger partial charge on any atom is -0.457 e. The zero-order chi connectivity index (χ0) is 23.8. The summed E-state index contributed by atoms with van der Waals surface area (Å²) >= 11 is 0. The fraction of sp³-hybridized carbons (Fsp3) is 0.222. The van der Waals surface area contributed by atoms with Crippen LogP contribution in [0.3, 0.4) is 0 Å². The van der Waals surface area contributed by atoms with Gasteiger partial charge in [0, 0.05) is 19.3 Å². The van der Waals surface area contributed by atoms with E-state index < -0.39 is 0 Å². The highest BCUT2D eigenvalue weighted by Gasteiger charge is 2.30. The second kappa shape index (κ2) is 8.67. The van der Waals surface area contributed by atoms with Gasteiger partial charge in [-0.25, -0.2) is 4.79 Å². The van der Waals surface area contributed by atoms with E-state index in [4.69, 9.17) is 4.74 Å². The van der Waals surface area contributed by atoms with Crippen LogP contribution in [0.1, 0.15) is 23.6 Å². The molecule has 0 saturated carbocycles. The summed E-state index contributed by atoms with van der Waals surface area (Å²) in [7, 11) is 0. The van der Waals surface area contributed by atoms with Gasteiger partial charge in [-0.15, -0.1) is 0 Å². The van der Waals surface area contributed by atoms with Crippen molar-refractivity contribution in [3.05, 3.63) is 95.2 Å². The number of hydrogen-bond donors (Lipinski definition) is 0. The van der Waals surface area contributed by atoms with E-state index in [0.717, 1.165) is 39.3 Å². The Morgan fingerprint density at radius 2 is 2.00 bits per heavy atom. The molecule has 1 atom stereocenters. The number of carbonyl (C=O) groups is 1. The van der Waals surface area contributed by atoms with Crippen molar-refractivity contribution in [2.75, 3.05) is 13.1 Å². The first-order valence-corrected chi connectivity index (χ1v) is 11.3. The molecule has 3 heterocycles. The fourth-order valence-electron chi connectivity index (χ4n) is 4.65. The smallest absolute Gasteiger partial charge is 0.334 e. The second-order valence-electron chi connectivity index (χ2n) is 8.65. The van der Waals surface area contributed by atoms with Crippen molar-refractivity contribution in [1.82, 2.24) is 19.0 Å². The molecule has 1 aliphatic heterocycles. The Kier molecular flexibility index (Phi) is 5.53. The van der Waals surface area contributed by atoms with Crippen LogP contribution in [0.15, 0.2) is 78.4 Å². The van der Waals surface area contributed by atoms with Crippen LogP contribution in [0, 0.1) is 13.8 Å². The number of rotatable bonds is 5. The Morgan fingerprint density at radius 3 is 2.76 bits per heavy atom. The van der Waals surface area contributed by atoms with Crippen molar-refractivity contribution >= 4 is 16.9 Å². The molecule has 1 saturated heterocycles. The van der Waals surface area contributed by atoms with Crippen molar-refractivity contribution in [2.45, 2.75) is 26.3 Å². The Morgan fingerprint density at radius 1 is 1.15 bits per heavy atom. The third kappa shape index (κ3) is 3.79. The molecule has 0 spiro atoms. The molecule has 1 unspecified atom stereocenters. The summed E-state index contributed by atoms with van der Waals surface area (Å²) < 4.78 is 9.56. The van der Waals surface area contributed by atoms with E-state index in [0.29, 0.717) is 19.5 Å². The van der Waals surface area contributed by atoms with E-state index in [2.05, 4.69) is 11.6 Å². The predicted octanol–water partition coefficient (Wildman–Crippen LogP) is 4.56. The van der Waals surface area contributed by atoms with Crippen LogP contribution in [0.4, 0.5) is 0 Å². The van der Waals surface area contributed by atoms with Gasteiger partial charge in [-0.3, -0.25) is 18.9 Å². The average molecular weight is 455 g/mol. The Labute approximate surface area is 197 Å². The van der Waals surface area contributed by atoms with Gasteiger partial charge in [-0.05, 0) is 73.9 Å². The lowest BCUT2D eigenvalue weighted by Crippen LogP contribution is -2.31. The number of carbonyl (C=O) groups excluding carboxylic acids is 1. The number of amides is 1. The van der Waals surface area contributed by atoms with Gasteiger partial charge in [0.25, 0.3) is 0 Å². The van der Waals surface area contributed by atoms with Gasteiger partial charge in [0.05, 0.1) is 29.0 Å². The highest BCUT2D eigenvalue weighted by Crippen LogP contribution is 2.30. The van der Waals surface area contributed by atoms with Crippen LogP contribution in [0.2, 0.25) is 0 Å². The van der Waals surface area contributed by atoms with Gasteiger partial charge in [0.15, 0.2) is 0 Å². The number of imidazole rings is 1. The average Bonchev–Trinajstić information content (AvgIpc) is 3.42. The summed E-state index contributed by atoms with van der Waals surface area (Å²) in [5.74, 6) is 1.40. The number of aromatic nitrogens is 3. The van der Waals surface area contributed by atoms with Crippen molar-refractivity contribution in [2.24, 2.45) is 0 Å². The third-order valence-electron chi connectivity index (χ3n) is 6.32. The molecular formula is C27H26N4O3. The molecule has 0 N–H and O–H groups in total. The molecule has 0 aliphatic carbocycles. The van der Waals surface area contributed by atoms with Crippen molar-refractivity contribution in [1.29, 1.82) is 0 Å². The van der Waals surface area contributed by atoms with Crippen LogP contribution in [-0.4, -0.2) is 38.0 Å². The quantitative estimate of drug-likeness (QED) is 0.415. The first kappa shape index (κ1) is 21.7. The number of hydrogen-bond acceptors (Lipinski definition) is 4. The summed E-state index contributed by atoms with van der Waals surface area (Å²) in [6, 6.07) is 15.4. The van der Waals surface area contributed by atoms with E-state index in [-0.39, 0.29) is 17.6 Å². The number of fused-ring (bicyclic) bond motifs is 1. The number of ether oxygens (including phenoxy) is 1. The molecule has 0 bridgehead atoms. The zero-order valence-corrected chi connectivity index (χ0v) is 19.3. The highest BCUT2D eigenvalue weighted by atomic mass is 16.5. The van der Waals surface area contributed by atoms with Crippen LogP contribution >= 0.6 is 0 Å². The van der Waals surface area contributed by atoms with Crippen LogP contribution < -0.4 is 10.4 Å². The molecule has 34 heavy (non-hydrogen) atoms. The number of aryl methyl sites for hydroxylation is 2. The van der Waals surface area contributed by atoms with Gasteiger partial charge in [-0.1, -0.05) is 18.7 Å². The van der Waals surface area contributed by atoms with Gasteiger partial charge in [-0.2, -0.15) is 0 Å². The minimum atomic E-state index is -0.146. The maximum absolute atomic E-state index is 13.7. The molecule has 2 aromatic carbocycles. The van der Waals surface area contributed by atoms with E-state index in [1.54, 1.807) is 26.4 Å². The number of likely N-dealkylation sites (tertiary alicyclic amines) is 1. The van der Waals surface area contributed by atoms with Crippen LogP contribution in [0.25, 0.3) is 16.7 Å². The van der Waals surface area contributed by atoms with E-state index in [1.807, 2.05) is 62.4 Å². The molecule has 4 aromatic rings. The molecule has 5 rings (SSSR count). The van der Waals surface area contributed by atoms with Crippen molar-refractivity contribution in [3.8, 4) is 17.2 Å². The lowest BCUT2D eigenvalue weighted by atomic mass is 10.2. The number of pyridine rings is 1. The summed E-state index contributed by atoms with van der Waals surface area (Å²) in [6.07, 6.45) is 5.43. The highest BCUT2D eigenvalue weighted by molar-refractivity contribution is 5.87. The molecule has 1 aliphatic rings. The lowest BCUT2D eigenvalue weighted by Gasteiger charge is -2.15. The Bertz CT molecular complexity index is 1470. The molecular weight excluding hydrogens is 428 g/mol. The summed E-state index contributed by atoms with van der Waals surface area (Å²) in [5, 5.41) is 0. The molecule has 2 aromatic heterocycles. The maximum atomic E-state index is 13.7. The number of nitrogens with zero attached hydrogens (tertiary/aromatic N) is 4.